The summed E-state index contributed by atoms with van der Waals surface area (Å²) in [6.45, 7) is 4.10. The van der Waals surface area contributed by atoms with Crippen LogP contribution in [0.3, 0.4) is 0 Å². The molecule has 0 aliphatic carbocycles. The molecule has 184 valence electrons. The average Bonchev–Trinajstić information content (AvgIpc) is 3.57. The molecule has 1 saturated heterocycles. The van der Waals surface area contributed by atoms with E-state index in [0.29, 0.717) is 46.5 Å². The summed E-state index contributed by atoms with van der Waals surface area (Å²) >= 11 is 0. The first-order valence-electron chi connectivity index (χ1n) is 11.5. The maximum atomic E-state index is 13.4. The van der Waals surface area contributed by atoms with Gasteiger partial charge in [0, 0.05) is 6.20 Å². The second kappa shape index (κ2) is 9.26. The van der Waals surface area contributed by atoms with E-state index in [-0.39, 0.29) is 17.9 Å². The van der Waals surface area contributed by atoms with Crippen LogP contribution in [0.25, 0.3) is 11.4 Å². The van der Waals surface area contributed by atoms with Gasteiger partial charge < -0.3 is 23.9 Å². The van der Waals surface area contributed by atoms with Gasteiger partial charge in [0.25, 0.3) is 11.7 Å². The number of pyridine rings is 1. The lowest BCUT2D eigenvalue weighted by molar-refractivity contribution is -0.140. The van der Waals surface area contributed by atoms with Crippen LogP contribution in [0.2, 0.25) is 0 Å². The second-order valence-electron chi connectivity index (χ2n) is 8.32. The molecule has 0 spiro atoms. The number of aromatic nitrogens is 2. The fourth-order valence-corrected chi connectivity index (χ4v) is 4.62. The van der Waals surface area contributed by atoms with Crippen molar-refractivity contribution < 1.29 is 28.6 Å². The predicted molar refractivity (Wildman–Crippen MR) is 131 cm³/mol. The van der Waals surface area contributed by atoms with E-state index in [0.717, 1.165) is 0 Å². The quantitative estimate of drug-likeness (QED) is 0.236. The highest BCUT2D eigenvalue weighted by Crippen LogP contribution is 2.43. The molecule has 0 radical (unpaired) electrons. The van der Waals surface area contributed by atoms with E-state index in [1.54, 1.807) is 60.0 Å². The van der Waals surface area contributed by atoms with Crippen molar-refractivity contribution in [3.8, 4) is 11.5 Å². The van der Waals surface area contributed by atoms with Crippen LogP contribution < -0.4 is 9.47 Å². The van der Waals surface area contributed by atoms with Gasteiger partial charge in [0.15, 0.2) is 17.3 Å². The Bertz CT molecular complexity index is 1480. The number of Topliss-reactive ketones (excluding diaryl/α,β-unsaturated/α-hetero) is 1. The molecule has 1 atom stereocenters. The number of hydrogen-bond acceptors (Lipinski definition) is 7. The fraction of sp³-hybridized carbons (Fsp3) is 0.222. The number of carbonyl (C=O) groups is 2. The predicted octanol–water partition coefficient (Wildman–Crippen LogP) is 4.26. The minimum Gasteiger partial charge on any atom is -0.505 e. The Morgan fingerprint density at radius 3 is 2.69 bits per heavy atom. The highest BCUT2D eigenvalue weighted by molar-refractivity contribution is 6.46. The number of rotatable bonds is 7. The Morgan fingerprint density at radius 1 is 1.14 bits per heavy atom. The zero-order valence-corrected chi connectivity index (χ0v) is 20.1. The number of aliphatic hydroxyl groups is 1. The summed E-state index contributed by atoms with van der Waals surface area (Å²) in [5.74, 6) is -0.345. The fourth-order valence-electron chi connectivity index (χ4n) is 4.62. The molecule has 1 amide bonds. The number of imidazole rings is 1. The largest absolute Gasteiger partial charge is 0.505 e. The van der Waals surface area contributed by atoms with E-state index in [9.17, 15) is 14.7 Å². The Kier molecular flexibility index (Phi) is 5.97. The van der Waals surface area contributed by atoms with E-state index in [2.05, 4.69) is 4.98 Å². The van der Waals surface area contributed by atoms with E-state index in [1.165, 1.54) is 18.3 Å². The number of ketones is 1. The number of benzene rings is 1. The van der Waals surface area contributed by atoms with E-state index >= 15 is 0 Å². The van der Waals surface area contributed by atoms with Crippen LogP contribution >= 0.6 is 0 Å². The molecule has 1 aliphatic rings. The van der Waals surface area contributed by atoms with Crippen molar-refractivity contribution in [2.24, 2.45) is 0 Å². The molecule has 36 heavy (non-hydrogen) atoms. The van der Waals surface area contributed by atoms with Crippen molar-refractivity contribution in [1.29, 1.82) is 0 Å². The van der Waals surface area contributed by atoms with Crippen LogP contribution in [0.5, 0.6) is 11.5 Å². The first-order chi connectivity index (χ1) is 17.4. The van der Waals surface area contributed by atoms with Crippen LogP contribution in [0.4, 0.5) is 0 Å². The van der Waals surface area contributed by atoms with Gasteiger partial charge in [-0.1, -0.05) is 12.1 Å². The van der Waals surface area contributed by atoms with Gasteiger partial charge in [-0.3, -0.25) is 14.0 Å². The lowest BCUT2D eigenvalue weighted by Crippen LogP contribution is -2.29. The molecular formula is C27H25N3O6. The molecule has 3 aromatic heterocycles. The third kappa shape index (κ3) is 3.78. The smallest absolute Gasteiger partial charge is 0.296 e. The molecule has 5 rings (SSSR count). The highest BCUT2D eigenvalue weighted by Gasteiger charge is 2.47. The van der Waals surface area contributed by atoms with Crippen molar-refractivity contribution in [2.45, 2.75) is 26.4 Å². The third-order valence-corrected chi connectivity index (χ3v) is 6.18. The van der Waals surface area contributed by atoms with Gasteiger partial charge in [-0.2, -0.15) is 0 Å². The number of hydrogen-bond donors (Lipinski definition) is 1. The lowest BCUT2D eigenvalue weighted by Gasteiger charge is -2.25. The first-order valence-corrected chi connectivity index (χ1v) is 11.5. The number of aryl methyl sites for hydroxylation is 1. The number of fused-ring (bicyclic) bond motifs is 1. The molecule has 9 heteroatoms. The number of methoxy groups -OCH3 is 1. The molecule has 4 aromatic rings. The average molecular weight is 488 g/mol. The summed E-state index contributed by atoms with van der Waals surface area (Å²) < 4.78 is 18.3. The van der Waals surface area contributed by atoms with Crippen LogP contribution in [-0.2, 0) is 16.1 Å². The van der Waals surface area contributed by atoms with Gasteiger partial charge in [-0.15, -0.1) is 0 Å². The molecule has 0 saturated carbocycles. The number of aliphatic hydroxyl groups excluding tert-OH is 1. The van der Waals surface area contributed by atoms with Crippen molar-refractivity contribution in [3.05, 3.63) is 89.3 Å². The number of ether oxygens (including phenoxy) is 2. The van der Waals surface area contributed by atoms with Crippen molar-refractivity contribution in [3.63, 3.8) is 0 Å². The molecule has 1 unspecified atom stereocenters. The van der Waals surface area contributed by atoms with Crippen molar-refractivity contribution >= 4 is 23.1 Å². The number of likely N-dealkylation sites (tertiary alicyclic amines) is 1. The normalized spacial score (nSPS) is 17.2. The molecule has 1 N–H and O–H groups in total. The summed E-state index contributed by atoms with van der Waals surface area (Å²) in [7, 11) is 1.52. The summed E-state index contributed by atoms with van der Waals surface area (Å²) in [4.78, 5) is 32.6. The van der Waals surface area contributed by atoms with Gasteiger partial charge in [0.2, 0.25) is 0 Å². The third-order valence-electron chi connectivity index (χ3n) is 6.18. The Morgan fingerprint density at radius 2 is 1.97 bits per heavy atom. The molecule has 0 bridgehead atoms. The van der Waals surface area contributed by atoms with E-state index < -0.39 is 17.7 Å². The zero-order valence-electron chi connectivity index (χ0n) is 20.1. The topological polar surface area (TPSA) is 107 Å². The van der Waals surface area contributed by atoms with Gasteiger partial charge in [0.05, 0.1) is 43.8 Å². The van der Waals surface area contributed by atoms with Crippen LogP contribution in [0, 0.1) is 6.92 Å². The molecule has 9 nitrogen and oxygen atoms in total. The van der Waals surface area contributed by atoms with Crippen LogP contribution in [0.15, 0.2) is 71.0 Å². The van der Waals surface area contributed by atoms with E-state index in [1.807, 2.05) is 13.0 Å². The summed E-state index contributed by atoms with van der Waals surface area (Å²) in [6, 6.07) is 13.2. The zero-order chi connectivity index (χ0) is 25.4. The van der Waals surface area contributed by atoms with Gasteiger partial charge >= 0.3 is 0 Å². The number of nitrogens with zero attached hydrogens (tertiary/aromatic N) is 3. The second-order valence-corrected chi connectivity index (χ2v) is 8.32. The van der Waals surface area contributed by atoms with E-state index in [4.69, 9.17) is 13.9 Å². The summed E-state index contributed by atoms with van der Waals surface area (Å²) in [5.41, 5.74) is 2.03. The highest BCUT2D eigenvalue weighted by atomic mass is 16.5. The monoisotopic (exact) mass is 487 g/mol. The summed E-state index contributed by atoms with van der Waals surface area (Å²) in [6.07, 6.45) is 3.25. The molecule has 1 aliphatic heterocycles. The maximum Gasteiger partial charge on any atom is 0.296 e. The molecular weight excluding hydrogens is 462 g/mol. The number of amides is 1. The minimum atomic E-state index is -0.895. The van der Waals surface area contributed by atoms with Gasteiger partial charge in [-0.05, 0) is 55.8 Å². The Balaban J connectivity index is 1.72. The lowest BCUT2D eigenvalue weighted by atomic mass is 9.95. The van der Waals surface area contributed by atoms with Crippen molar-refractivity contribution in [2.75, 3.05) is 13.7 Å². The Labute approximate surface area is 207 Å². The Hall–Kier alpha value is -4.53. The molecule has 1 fully saturated rings. The maximum absolute atomic E-state index is 13.4. The molecule has 4 heterocycles. The number of carbonyl (C=O) groups excluding carboxylic acids is 2. The van der Waals surface area contributed by atoms with Gasteiger partial charge in [-0.25, -0.2) is 4.98 Å². The van der Waals surface area contributed by atoms with Gasteiger partial charge in [0.1, 0.15) is 17.1 Å². The van der Waals surface area contributed by atoms with Crippen molar-refractivity contribution in [1.82, 2.24) is 14.3 Å². The number of furan rings is 1. The first kappa shape index (κ1) is 23.2. The van der Waals surface area contributed by atoms with Crippen LogP contribution in [0.1, 0.15) is 35.7 Å². The SMILES string of the molecule is CCOc1ccc(C2C(=C(O)c3c(C)nc4ccccn34)C(=O)C(=O)N2Cc2ccco2)cc1OC. The standard InChI is InChI=1S/C27H25N3O6/c1-4-35-19-11-10-17(14-20(19)34-3)24-22(26(32)27(33)30(24)15-18-8-7-13-36-18)25(31)23-16(2)28-21-9-5-6-12-29(21)23/h5-14,24,31H,4,15H2,1-3H3. The van der Waals surface area contributed by atoms with Crippen LogP contribution in [-0.4, -0.2) is 44.8 Å². The summed E-state index contributed by atoms with van der Waals surface area (Å²) in [5, 5.41) is 11.6. The minimum absolute atomic E-state index is 0.0356. The molecule has 1 aromatic carbocycles.